The van der Waals surface area contributed by atoms with Crippen LogP contribution in [0.5, 0.6) is 0 Å². The van der Waals surface area contributed by atoms with Crippen molar-refractivity contribution < 1.29 is 9.84 Å². The number of fused-ring (bicyclic) bond motifs is 1. The second-order valence-corrected chi connectivity index (χ2v) is 6.20. The molecule has 0 amide bonds. The zero-order chi connectivity index (χ0) is 14.7. The average molecular weight is 299 g/mol. The number of benzene rings is 2. The van der Waals surface area contributed by atoms with Gasteiger partial charge in [-0.05, 0) is 17.7 Å². The van der Waals surface area contributed by atoms with Gasteiger partial charge in [-0.3, -0.25) is 0 Å². The molecule has 1 unspecified atom stereocenters. The maximum absolute atomic E-state index is 11.0. The minimum Gasteiger partial charge on any atom is -0.382 e. The number of hydrogen-bond acceptors (Lipinski definition) is 4. The van der Waals surface area contributed by atoms with Crippen LogP contribution in [-0.2, 0) is 16.8 Å². The number of methoxy groups -OCH3 is 1. The van der Waals surface area contributed by atoms with Crippen LogP contribution in [0.2, 0.25) is 0 Å². The van der Waals surface area contributed by atoms with Gasteiger partial charge < -0.3 is 9.84 Å². The van der Waals surface area contributed by atoms with Crippen molar-refractivity contribution in [3.8, 4) is 0 Å². The number of aromatic nitrogens is 1. The molecule has 1 aromatic heterocycles. The Morgan fingerprint density at radius 1 is 1.10 bits per heavy atom. The van der Waals surface area contributed by atoms with Gasteiger partial charge >= 0.3 is 0 Å². The van der Waals surface area contributed by atoms with Crippen molar-refractivity contribution in [2.75, 3.05) is 13.7 Å². The molecular formula is C17H17NO2S. The Hall–Kier alpha value is -1.75. The first kappa shape index (κ1) is 14.2. The Kier molecular flexibility index (Phi) is 4.01. The van der Waals surface area contributed by atoms with Crippen molar-refractivity contribution in [2.24, 2.45) is 0 Å². The van der Waals surface area contributed by atoms with Gasteiger partial charge in [0.05, 0.1) is 21.8 Å². The lowest BCUT2D eigenvalue weighted by atomic mass is 9.91. The number of aliphatic hydroxyl groups is 1. The minimum atomic E-state index is -1.05. The molecule has 0 aliphatic rings. The van der Waals surface area contributed by atoms with E-state index in [4.69, 9.17) is 4.74 Å². The van der Waals surface area contributed by atoms with Crippen LogP contribution in [0.1, 0.15) is 10.6 Å². The smallest absolute Gasteiger partial charge is 0.119 e. The zero-order valence-corrected chi connectivity index (χ0v) is 12.6. The average Bonchev–Trinajstić information content (AvgIpc) is 2.90. The third-order valence-electron chi connectivity index (χ3n) is 3.48. The molecule has 0 fully saturated rings. The molecule has 2 aromatic carbocycles. The number of ether oxygens (including phenoxy) is 1. The summed E-state index contributed by atoms with van der Waals surface area (Å²) in [7, 11) is 1.60. The van der Waals surface area contributed by atoms with Crippen LogP contribution in [0.4, 0.5) is 0 Å². The van der Waals surface area contributed by atoms with E-state index in [1.54, 1.807) is 18.4 Å². The van der Waals surface area contributed by atoms with E-state index in [0.29, 0.717) is 6.42 Å². The molecule has 3 nitrogen and oxygen atoms in total. The summed E-state index contributed by atoms with van der Waals surface area (Å²) in [4.78, 5) is 4.61. The highest BCUT2D eigenvalue weighted by Gasteiger charge is 2.31. The van der Waals surface area contributed by atoms with Gasteiger partial charge in [-0.1, -0.05) is 42.5 Å². The SMILES string of the molecule is COCC(O)(Cc1nc2ccccc2s1)c1ccccc1. The molecular weight excluding hydrogens is 282 g/mol. The number of thiazole rings is 1. The molecule has 1 N–H and O–H groups in total. The second-order valence-electron chi connectivity index (χ2n) is 5.08. The van der Waals surface area contributed by atoms with Crippen molar-refractivity contribution in [1.29, 1.82) is 0 Å². The molecule has 0 bridgehead atoms. The Labute approximate surface area is 127 Å². The van der Waals surface area contributed by atoms with E-state index in [0.717, 1.165) is 20.8 Å². The predicted molar refractivity (Wildman–Crippen MR) is 85.5 cm³/mol. The van der Waals surface area contributed by atoms with Gasteiger partial charge in [0.2, 0.25) is 0 Å². The molecule has 21 heavy (non-hydrogen) atoms. The Bertz CT molecular complexity index is 693. The fraction of sp³-hybridized carbons (Fsp3) is 0.235. The van der Waals surface area contributed by atoms with Crippen molar-refractivity contribution in [3.05, 3.63) is 65.2 Å². The van der Waals surface area contributed by atoms with E-state index in [-0.39, 0.29) is 6.61 Å². The lowest BCUT2D eigenvalue weighted by molar-refractivity contribution is -0.0355. The van der Waals surface area contributed by atoms with Gasteiger partial charge in [-0.2, -0.15) is 0 Å². The molecule has 0 aliphatic heterocycles. The van der Waals surface area contributed by atoms with Crippen molar-refractivity contribution in [1.82, 2.24) is 4.98 Å². The van der Waals surface area contributed by atoms with Crippen LogP contribution in [-0.4, -0.2) is 23.8 Å². The highest BCUT2D eigenvalue weighted by molar-refractivity contribution is 7.18. The van der Waals surface area contributed by atoms with Gasteiger partial charge in [-0.15, -0.1) is 11.3 Å². The quantitative estimate of drug-likeness (QED) is 0.785. The highest BCUT2D eigenvalue weighted by Crippen LogP contribution is 2.30. The van der Waals surface area contributed by atoms with Gasteiger partial charge in [-0.25, -0.2) is 4.98 Å². The Morgan fingerprint density at radius 3 is 2.52 bits per heavy atom. The van der Waals surface area contributed by atoms with E-state index < -0.39 is 5.60 Å². The molecule has 0 saturated heterocycles. The van der Waals surface area contributed by atoms with E-state index in [1.165, 1.54) is 0 Å². The van der Waals surface area contributed by atoms with E-state index in [1.807, 2.05) is 54.6 Å². The summed E-state index contributed by atoms with van der Waals surface area (Å²) < 4.78 is 6.37. The molecule has 3 rings (SSSR count). The number of hydrogen-bond donors (Lipinski definition) is 1. The first-order chi connectivity index (χ1) is 10.2. The lowest BCUT2D eigenvalue weighted by Gasteiger charge is -2.27. The summed E-state index contributed by atoms with van der Waals surface area (Å²) in [6.07, 6.45) is 0.449. The molecule has 3 aromatic rings. The summed E-state index contributed by atoms with van der Waals surface area (Å²) >= 11 is 1.62. The third-order valence-corrected chi connectivity index (χ3v) is 4.51. The molecule has 0 radical (unpaired) electrons. The summed E-state index contributed by atoms with van der Waals surface area (Å²) in [6, 6.07) is 17.7. The van der Waals surface area contributed by atoms with Crippen molar-refractivity contribution >= 4 is 21.6 Å². The van der Waals surface area contributed by atoms with Crippen LogP contribution in [0, 0.1) is 0 Å². The molecule has 0 spiro atoms. The van der Waals surface area contributed by atoms with Crippen LogP contribution in [0.3, 0.4) is 0 Å². The molecule has 108 valence electrons. The maximum atomic E-state index is 11.0. The van der Waals surface area contributed by atoms with E-state index in [9.17, 15) is 5.11 Å². The molecule has 4 heteroatoms. The first-order valence-electron chi connectivity index (χ1n) is 6.82. The zero-order valence-electron chi connectivity index (χ0n) is 11.8. The standard InChI is InChI=1S/C17H17NO2S/c1-20-12-17(19,13-7-3-2-4-8-13)11-16-18-14-9-5-6-10-15(14)21-16/h2-10,19H,11-12H2,1H3. The number of nitrogens with zero attached hydrogens (tertiary/aromatic N) is 1. The van der Waals surface area contributed by atoms with Crippen LogP contribution >= 0.6 is 11.3 Å². The van der Waals surface area contributed by atoms with E-state index in [2.05, 4.69) is 4.98 Å². The summed E-state index contributed by atoms with van der Waals surface area (Å²) in [5.41, 5.74) is 0.778. The highest BCUT2D eigenvalue weighted by atomic mass is 32.1. The third kappa shape index (κ3) is 2.97. The van der Waals surface area contributed by atoms with E-state index >= 15 is 0 Å². The van der Waals surface area contributed by atoms with Crippen molar-refractivity contribution in [3.63, 3.8) is 0 Å². The Balaban J connectivity index is 1.94. The Morgan fingerprint density at radius 2 is 1.81 bits per heavy atom. The van der Waals surface area contributed by atoms with Crippen molar-refractivity contribution in [2.45, 2.75) is 12.0 Å². The summed E-state index contributed by atoms with van der Waals surface area (Å²) in [5.74, 6) is 0. The second kappa shape index (κ2) is 5.93. The maximum Gasteiger partial charge on any atom is 0.119 e. The fourth-order valence-electron chi connectivity index (χ4n) is 2.47. The normalized spacial score (nSPS) is 14.2. The molecule has 1 atom stereocenters. The largest absolute Gasteiger partial charge is 0.382 e. The summed E-state index contributed by atoms with van der Waals surface area (Å²) in [5, 5.41) is 11.9. The van der Waals surface area contributed by atoms with Gasteiger partial charge in [0.1, 0.15) is 5.60 Å². The first-order valence-corrected chi connectivity index (χ1v) is 7.64. The summed E-state index contributed by atoms with van der Waals surface area (Å²) in [6.45, 7) is 0.243. The predicted octanol–water partition coefficient (Wildman–Crippen LogP) is 3.37. The monoisotopic (exact) mass is 299 g/mol. The molecule has 0 saturated carbocycles. The van der Waals surface area contributed by atoms with Crippen LogP contribution in [0.25, 0.3) is 10.2 Å². The number of rotatable bonds is 5. The molecule has 0 aliphatic carbocycles. The van der Waals surface area contributed by atoms with Crippen LogP contribution < -0.4 is 0 Å². The van der Waals surface area contributed by atoms with Gasteiger partial charge in [0.25, 0.3) is 0 Å². The number of para-hydroxylation sites is 1. The van der Waals surface area contributed by atoms with Gasteiger partial charge in [0, 0.05) is 13.5 Å². The topological polar surface area (TPSA) is 42.4 Å². The molecule has 1 heterocycles. The lowest BCUT2D eigenvalue weighted by Crippen LogP contribution is -2.33. The van der Waals surface area contributed by atoms with Crippen LogP contribution in [0.15, 0.2) is 54.6 Å². The fourth-order valence-corrected chi connectivity index (χ4v) is 3.54. The van der Waals surface area contributed by atoms with Gasteiger partial charge in [0.15, 0.2) is 0 Å². The minimum absolute atomic E-state index is 0.243.